The monoisotopic (exact) mass is 212 g/mol. The van der Waals surface area contributed by atoms with Gasteiger partial charge < -0.3 is 4.98 Å². The molecule has 2 rings (SSSR count). The van der Waals surface area contributed by atoms with Crippen molar-refractivity contribution in [2.24, 2.45) is 4.99 Å². The number of rotatable bonds is 2. The van der Waals surface area contributed by atoms with E-state index in [1.54, 1.807) is 0 Å². The molecule has 0 radical (unpaired) electrons. The normalized spacial score (nSPS) is 11.8. The lowest BCUT2D eigenvalue weighted by Crippen LogP contribution is -1.93. The van der Waals surface area contributed by atoms with Crippen LogP contribution in [-0.2, 0) is 0 Å². The van der Waals surface area contributed by atoms with Crippen LogP contribution in [0.15, 0.2) is 41.5 Å². The van der Waals surface area contributed by atoms with Crippen LogP contribution in [0.2, 0.25) is 0 Å². The minimum absolute atomic E-state index is 1.01. The third kappa shape index (κ3) is 2.22. The molecule has 0 amide bonds. The molecule has 1 aromatic heterocycles. The van der Waals surface area contributed by atoms with E-state index in [0.717, 1.165) is 17.1 Å². The van der Waals surface area contributed by atoms with Crippen molar-refractivity contribution in [3.05, 3.63) is 53.3 Å². The predicted octanol–water partition coefficient (Wildman–Crippen LogP) is 3.77. The van der Waals surface area contributed by atoms with Crippen LogP contribution in [0.5, 0.6) is 0 Å². The van der Waals surface area contributed by atoms with E-state index in [-0.39, 0.29) is 0 Å². The molecule has 2 heteroatoms. The van der Waals surface area contributed by atoms with E-state index in [1.165, 1.54) is 11.1 Å². The van der Waals surface area contributed by atoms with E-state index in [9.17, 15) is 0 Å². The maximum absolute atomic E-state index is 4.59. The van der Waals surface area contributed by atoms with Crippen LogP contribution in [0.3, 0.4) is 0 Å². The number of aliphatic imine (C=N–C) groups is 1. The number of aryl methyl sites for hydroxylation is 2. The van der Waals surface area contributed by atoms with Gasteiger partial charge in [-0.3, -0.25) is 4.99 Å². The van der Waals surface area contributed by atoms with Gasteiger partial charge in [-0.2, -0.15) is 0 Å². The summed E-state index contributed by atoms with van der Waals surface area (Å²) < 4.78 is 0. The smallest absolute Gasteiger partial charge is 0.0636 e. The van der Waals surface area contributed by atoms with E-state index in [4.69, 9.17) is 0 Å². The van der Waals surface area contributed by atoms with E-state index >= 15 is 0 Å². The number of nitrogens with one attached hydrogen (secondary N) is 1. The van der Waals surface area contributed by atoms with Gasteiger partial charge in [-0.15, -0.1) is 0 Å². The maximum atomic E-state index is 4.59. The van der Waals surface area contributed by atoms with E-state index in [0.29, 0.717) is 0 Å². The van der Waals surface area contributed by atoms with Gasteiger partial charge in [-0.05, 0) is 56.2 Å². The molecule has 0 aliphatic heterocycles. The number of benzene rings is 1. The van der Waals surface area contributed by atoms with E-state index in [1.807, 2.05) is 25.3 Å². The first-order valence-electron chi connectivity index (χ1n) is 5.43. The Morgan fingerprint density at radius 2 is 1.94 bits per heavy atom. The molecular weight excluding hydrogens is 196 g/mol. The van der Waals surface area contributed by atoms with Crippen LogP contribution in [0.25, 0.3) is 0 Å². The van der Waals surface area contributed by atoms with Crippen LogP contribution < -0.4 is 0 Å². The third-order valence-electron chi connectivity index (χ3n) is 2.78. The van der Waals surface area contributed by atoms with Crippen LogP contribution in [0.4, 0.5) is 5.69 Å². The zero-order valence-corrected chi connectivity index (χ0v) is 9.91. The summed E-state index contributed by atoms with van der Waals surface area (Å²) in [4.78, 5) is 7.74. The van der Waals surface area contributed by atoms with Crippen molar-refractivity contribution in [2.45, 2.75) is 20.8 Å². The lowest BCUT2D eigenvalue weighted by Gasteiger charge is -2.02. The zero-order valence-electron chi connectivity index (χ0n) is 9.91. The lowest BCUT2D eigenvalue weighted by molar-refractivity contribution is 1.31. The first-order chi connectivity index (χ1) is 7.66. The van der Waals surface area contributed by atoms with Gasteiger partial charge >= 0.3 is 0 Å². The topological polar surface area (TPSA) is 28.1 Å². The summed E-state index contributed by atoms with van der Waals surface area (Å²) >= 11 is 0. The fourth-order valence-corrected chi connectivity index (χ4v) is 1.60. The second-order valence-corrected chi connectivity index (χ2v) is 4.05. The summed E-state index contributed by atoms with van der Waals surface area (Å²) in [7, 11) is 0. The maximum Gasteiger partial charge on any atom is 0.0636 e. The highest BCUT2D eigenvalue weighted by Crippen LogP contribution is 2.18. The molecular formula is C14H16N2. The second-order valence-electron chi connectivity index (χ2n) is 4.05. The third-order valence-corrected chi connectivity index (χ3v) is 2.78. The molecule has 82 valence electrons. The van der Waals surface area contributed by atoms with Crippen LogP contribution >= 0.6 is 0 Å². The molecule has 1 heterocycles. The molecule has 0 saturated carbocycles. The van der Waals surface area contributed by atoms with Crippen molar-refractivity contribution in [1.29, 1.82) is 0 Å². The van der Waals surface area contributed by atoms with Gasteiger partial charge in [0.05, 0.1) is 17.1 Å². The van der Waals surface area contributed by atoms with Crippen LogP contribution in [0.1, 0.15) is 23.7 Å². The molecule has 0 aliphatic carbocycles. The van der Waals surface area contributed by atoms with Gasteiger partial charge in [-0.25, -0.2) is 0 Å². The predicted molar refractivity (Wildman–Crippen MR) is 68.6 cm³/mol. The highest BCUT2D eigenvalue weighted by Gasteiger charge is 1.99. The van der Waals surface area contributed by atoms with Gasteiger partial charge in [0, 0.05) is 6.20 Å². The summed E-state index contributed by atoms with van der Waals surface area (Å²) in [5.41, 5.74) is 5.67. The lowest BCUT2D eigenvalue weighted by atomic mass is 10.1. The summed E-state index contributed by atoms with van der Waals surface area (Å²) in [6.45, 7) is 6.24. The van der Waals surface area contributed by atoms with Gasteiger partial charge in [0.2, 0.25) is 0 Å². The summed E-state index contributed by atoms with van der Waals surface area (Å²) in [5.74, 6) is 0. The van der Waals surface area contributed by atoms with Crippen molar-refractivity contribution >= 4 is 11.4 Å². The molecule has 2 nitrogen and oxygen atoms in total. The van der Waals surface area contributed by atoms with Crippen molar-refractivity contribution in [3.8, 4) is 0 Å². The van der Waals surface area contributed by atoms with Crippen molar-refractivity contribution in [2.75, 3.05) is 0 Å². The van der Waals surface area contributed by atoms with Crippen LogP contribution in [-0.4, -0.2) is 10.7 Å². The first kappa shape index (κ1) is 10.7. The summed E-state index contributed by atoms with van der Waals surface area (Å²) in [6.07, 6.45) is 1.91. The molecule has 0 fully saturated rings. The number of aromatic amines is 1. The largest absolute Gasteiger partial charge is 0.360 e. The number of hydrogen-bond acceptors (Lipinski definition) is 1. The van der Waals surface area contributed by atoms with E-state index in [2.05, 4.69) is 42.0 Å². The number of nitrogens with zero attached hydrogens (tertiary/aromatic N) is 1. The molecule has 0 bridgehead atoms. The molecule has 0 unspecified atom stereocenters. The minimum Gasteiger partial charge on any atom is -0.360 e. The number of aromatic nitrogens is 1. The first-order valence-corrected chi connectivity index (χ1v) is 5.43. The molecule has 2 aromatic rings. The van der Waals surface area contributed by atoms with Gasteiger partial charge in [0.25, 0.3) is 0 Å². The standard InChI is InChI=1S/C14H16N2/c1-10-6-7-13(9-11(10)2)16-12(3)14-5-4-8-15-14/h4-9,15H,1-3H3. The van der Waals surface area contributed by atoms with Gasteiger partial charge in [0.15, 0.2) is 0 Å². The molecule has 1 N–H and O–H groups in total. The Morgan fingerprint density at radius 1 is 1.12 bits per heavy atom. The molecule has 16 heavy (non-hydrogen) atoms. The Labute approximate surface area is 96.1 Å². The van der Waals surface area contributed by atoms with Crippen LogP contribution in [0, 0.1) is 13.8 Å². The fourth-order valence-electron chi connectivity index (χ4n) is 1.60. The van der Waals surface area contributed by atoms with Crippen molar-refractivity contribution < 1.29 is 0 Å². The van der Waals surface area contributed by atoms with Gasteiger partial charge in [0.1, 0.15) is 0 Å². The quantitative estimate of drug-likeness (QED) is 0.734. The molecule has 0 aliphatic rings. The number of H-pyrrole nitrogens is 1. The molecule has 0 atom stereocenters. The second kappa shape index (κ2) is 4.35. The van der Waals surface area contributed by atoms with Crippen molar-refractivity contribution in [3.63, 3.8) is 0 Å². The van der Waals surface area contributed by atoms with E-state index < -0.39 is 0 Å². The Balaban J connectivity index is 2.32. The van der Waals surface area contributed by atoms with Gasteiger partial charge in [-0.1, -0.05) is 6.07 Å². The Bertz CT molecular complexity index is 508. The zero-order chi connectivity index (χ0) is 11.5. The average Bonchev–Trinajstić information content (AvgIpc) is 2.77. The summed E-state index contributed by atoms with van der Waals surface area (Å²) in [5, 5.41) is 0. The fraction of sp³-hybridized carbons (Fsp3) is 0.214. The SMILES string of the molecule is CC(=Nc1ccc(C)c(C)c1)c1ccc[nH]1. The highest BCUT2D eigenvalue weighted by molar-refractivity contribution is 5.98. The minimum atomic E-state index is 1.01. The summed E-state index contributed by atoms with van der Waals surface area (Å²) in [6, 6.07) is 10.3. The Kier molecular flexibility index (Phi) is 2.91. The van der Waals surface area contributed by atoms with Crippen molar-refractivity contribution in [1.82, 2.24) is 4.98 Å². The molecule has 1 aromatic carbocycles. The molecule has 0 spiro atoms. The average molecular weight is 212 g/mol. The number of hydrogen-bond donors (Lipinski definition) is 1. The highest BCUT2D eigenvalue weighted by atomic mass is 14.8. The molecule has 0 saturated heterocycles. The Morgan fingerprint density at radius 3 is 2.56 bits per heavy atom. The Hall–Kier alpha value is -1.83.